The second-order valence-electron chi connectivity index (χ2n) is 5.08. The first-order valence-corrected chi connectivity index (χ1v) is 10.9. The van der Waals surface area contributed by atoms with Crippen molar-refractivity contribution >= 4 is 17.6 Å². The van der Waals surface area contributed by atoms with E-state index in [4.69, 9.17) is 8.54 Å². The van der Waals surface area contributed by atoms with Crippen molar-refractivity contribution in [2.45, 2.75) is 64.4 Å². The molecule has 0 aromatic carbocycles. The van der Waals surface area contributed by atoms with Gasteiger partial charge in [0.25, 0.3) is 0 Å². The number of hydrogen-bond donors (Lipinski definition) is 0. The predicted octanol–water partition coefficient (Wildman–Crippen LogP) is 3.31. The molecule has 0 aromatic heterocycles. The summed E-state index contributed by atoms with van der Waals surface area (Å²) in [6.45, 7) is 8.82. The summed E-state index contributed by atoms with van der Waals surface area (Å²) >= 11 is 0. The summed E-state index contributed by atoms with van der Waals surface area (Å²) in [6, 6.07) is 0. The summed E-state index contributed by atoms with van der Waals surface area (Å²) in [5.41, 5.74) is 0. The van der Waals surface area contributed by atoms with Gasteiger partial charge >= 0.3 is 9.28 Å². The van der Waals surface area contributed by atoms with Gasteiger partial charge in [-0.15, -0.1) is 0 Å². The largest absolute Gasteiger partial charge is 0.435 e. The lowest BCUT2D eigenvalue weighted by atomic mass is 9.98. The molecule has 1 aliphatic carbocycles. The zero-order chi connectivity index (χ0) is 10.6. The van der Waals surface area contributed by atoms with Crippen LogP contribution < -0.4 is 0 Å². The molecule has 0 saturated heterocycles. The van der Waals surface area contributed by atoms with Gasteiger partial charge in [0.05, 0.1) is 0 Å². The SMILES string of the molecule is C[Si](OC1CCCCC1)O[Si](C)(C)C. The Labute approximate surface area is 91.0 Å². The topological polar surface area (TPSA) is 18.5 Å². The first kappa shape index (κ1) is 12.4. The van der Waals surface area contributed by atoms with Crippen molar-refractivity contribution in [2.24, 2.45) is 0 Å². The van der Waals surface area contributed by atoms with Crippen LogP contribution in [0.4, 0.5) is 0 Å². The Morgan fingerprint density at radius 2 is 1.64 bits per heavy atom. The molecular formula is C10H23O2Si2. The van der Waals surface area contributed by atoms with Crippen LogP contribution in [0.1, 0.15) is 32.1 Å². The molecule has 14 heavy (non-hydrogen) atoms. The van der Waals surface area contributed by atoms with E-state index >= 15 is 0 Å². The molecule has 0 aromatic rings. The third-order valence-electron chi connectivity index (χ3n) is 2.33. The third-order valence-corrected chi connectivity index (χ3v) is 6.60. The Bertz CT molecular complexity index is 162. The van der Waals surface area contributed by atoms with Gasteiger partial charge in [0.1, 0.15) is 0 Å². The fourth-order valence-corrected chi connectivity index (χ4v) is 6.22. The molecule has 0 amide bonds. The van der Waals surface area contributed by atoms with Crippen molar-refractivity contribution in [3.05, 3.63) is 0 Å². The summed E-state index contributed by atoms with van der Waals surface area (Å²) in [6.07, 6.45) is 7.06. The van der Waals surface area contributed by atoms with Crippen molar-refractivity contribution in [1.82, 2.24) is 0 Å². The normalized spacial score (nSPS) is 20.4. The highest BCUT2D eigenvalue weighted by Crippen LogP contribution is 2.21. The smallest absolute Gasteiger partial charge is 0.370 e. The van der Waals surface area contributed by atoms with Crippen LogP contribution in [0.25, 0.3) is 0 Å². The van der Waals surface area contributed by atoms with Gasteiger partial charge in [0.2, 0.25) is 0 Å². The second kappa shape index (κ2) is 5.44. The van der Waals surface area contributed by atoms with Crippen LogP contribution in [0.2, 0.25) is 26.2 Å². The lowest BCUT2D eigenvalue weighted by molar-refractivity contribution is 0.132. The average Bonchev–Trinajstić information content (AvgIpc) is 2.02. The van der Waals surface area contributed by atoms with Crippen LogP contribution in [0.5, 0.6) is 0 Å². The standard InChI is InChI=1S/C10H23O2Si2/c1-13(12-14(2,3)4)11-10-8-6-5-7-9-10/h10H,5-9H2,1-4H3. The minimum Gasteiger partial charge on any atom is -0.435 e. The Hall–Kier alpha value is 0.354. The Balaban J connectivity index is 2.21. The first-order valence-electron chi connectivity index (χ1n) is 5.66. The molecule has 4 heteroatoms. The van der Waals surface area contributed by atoms with E-state index in [9.17, 15) is 0 Å². The molecule has 0 spiro atoms. The van der Waals surface area contributed by atoms with Gasteiger partial charge < -0.3 is 8.54 Å². The molecule has 1 fully saturated rings. The Kier molecular flexibility index (Phi) is 4.83. The second-order valence-corrected chi connectivity index (χ2v) is 11.3. The van der Waals surface area contributed by atoms with E-state index in [1.807, 2.05) is 0 Å². The minimum atomic E-state index is -1.38. The fraction of sp³-hybridized carbons (Fsp3) is 1.00. The average molecular weight is 231 g/mol. The van der Waals surface area contributed by atoms with Crippen LogP contribution in [0.15, 0.2) is 0 Å². The van der Waals surface area contributed by atoms with Gasteiger partial charge in [-0.05, 0) is 39.0 Å². The molecule has 0 unspecified atom stereocenters. The van der Waals surface area contributed by atoms with Crippen molar-refractivity contribution in [3.8, 4) is 0 Å². The van der Waals surface area contributed by atoms with Crippen LogP contribution in [-0.4, -0.2) is 23.7 Å². The minimum absolute atomic E-state index is 0.499. The maximum Gasteiger partial charge on any atom is 0.370 e. The molecular weight excluding hydrogens is 208 g/mol. The van der Waals surface area contributed by atoms with Gasteiger partial charge in [-0.25, -0.2) is 0 Å². The Morgan fingerprint density at radius 3 is 2.14 bits per heavy atom. The van der Waals surface area contributed by atoms with E-state index < -0.39 is 17.6 Å². The van der Waals surface area contributed by atoms with Crippen molar-refractivity contribution in [1.29, 1.82) is 0 Å². The lowest BCUT2D eigenvalue weighted by Gasteiger charge is -2.28. The summed E-state index contributed by atoms with van der Waals surface area (Å²) in [7, 11) is -2.37. The zero-order valence-corrected chi connectivity index (χ0v) is 11.9. The predicted molar refractivity (Wildman–Crippen MR) is 64.0 cm³/mol. The molecule has 1 radical (unpaired) electrons. The molecule has 0 heterocycles. The molecule has 83 valence electrons. The van der Waals surface area contributed by atoms with Crippen LogP contribution in [0.3, 0.4) is 0 Å². The highest BCUT2D eigenvalue weighted by atomic mass is 28.4. The van der Waals surface area contributed by atoms with Gasteiger partial charge in [0, 0.05) is 6.10 Å². The number of hydrogen-bond acceptors (Lipinski definition) is 2. The maximum absolute atomic E-state index is 5.98. The van der Waals surface area contributed by atoms with Crippen LogP contribution >= 0.6 is 0 Å². The van der Waals surface area contributed by atoms with E-state index in [1.165, 1.54) is 32.1 Å². The monoisotopic (exact) mass is 231 g/mol. The maximum atomic E-state index is 5.98. The Morgan fingerprint density at radius 1 is 1.07 bits per heavy atom. The highest BCUT2D eigenvalue weighted by molar-refractivity contribution is 6.75. The van der Waals surface area contributed by atoms with Crippen molar-refractivity contribution < 1.29 is 8.54 Å². The lowest BCUT2D eigenvalue weighted by Crippen LogP contribution is -2.37. The molecule has 1 saturated carbocycles. The molecule has 0 bridgehead atoms. The van der Waals surface area contributed by atoms with Crippen LogP contribution in [0, 0.1) is 0 Å². The van der Waals surface area contributed by atoms with Gasteiger partial charge in [0.15, 0.2) is 8.32 Å². The molecule has 0 N–H and O–H groups in total. The van der Waals surface area contributed by atoms with E-state index in [-0.39, 0.29) is 0 Å². The van der Waals surface area contributed by atoms with Gasteiger partial charge in [-0.3, -0.25) is 0 Å². The number of rotatable bonds is 4. The quantitative estimate of drug-likeness (QED) is 0.691. The first-order chi connectivity index (χ1) is 6.47. The van der Waals surface area contributed by atoms with Gasteiger partial charge in [-0.1, -0.05) is 19.3 Å². The molecule has 1 rings (SSSR count). The summed E-state index contributed by atoms with van der Waals surface area (Å²) < 4.78 is 11.9. The van der Waals surface area contributed by atoms with Crippen molar-refractivity contribution in [2.75, 3.05) is 0 Å². The molecule has 0 atom stereocenters. The summed E-state index contributed by atoms with van der Waals surface area (Å²) in [5, 5.41) is 0. The van der Waals surface area contributed by atoms with E-state index in [1.54, 1.807) is 0 Å². The molecule has 2 nitrogen and oxygen atoms in total. The van der Waals surface area contributed by atoms with E-state index in [2.05, 4.69) is 26.2 Å². The molecule has 0 aliphatic heterocycles. The fourth-order valence-electron chi connectivity index (χ4n) is 1.87. The highest BCUT2D eigenvalue weighted by Gasteiger charge is 2.24. The molecule has 1 aliphatic rings. The van der Waals surface area contributed by atoms with Crippen molar-refractivity contribution in [3.63, 3.8) is 0 Å². The zero-order valence-electron chi connectivity index (χ0n) is 9.93. The van der Waals surface area contributed by atoms with Crippen LogP contribution in [-0.2, 0) is 8.54 Å². The van der Waals surface area contributed by atoms with E-state index in [0.29, 0.717) is 6.10 Å². The van der Waals surface area contributed by atoms with Gasteiger partial charge in [-0.2, -0.15) is 0 Å². The third kappa shape index (κ3) is 5.29. The van der Waals surface area contributed by atoms with E-state index in [0.717, 1.165) is 0 Å². The summed E-state index contributed by atoms with van der Waals surface area (Å²) in [4.78, 5) is 0. The summed E-state index contributed by atoms with van der Waals surface area (Å²) in [5.74, 6) is 0.